The topological polar surface area (TPSA) is 110 Å². The highest BCUT2D eigenvalue weighted by atomic mass is 32.2. The van der Waals surface area contributed by atoms with Crippen LogP contribution in [0.15, 0.2) is 33.7 Å². The largest absolute Gasteiger partial charge is 0.319 e. The highest BCUT2D eigenvalue weighted by molar-refractivity contribution is 7.89. The van der Waals surface area contributed by atoms with Gasteiger partial charge in [0.05, 0.1) is 10.1 Å². The lowest BCUT2D eigenvalue weighted by atomic mass is 10.00. The molecule has 1 unspecified atom stereocenters. The molecule has 24 heavy (non-hydrogen) atoms. The van der Waals surface area contributed by atoms with Crippen LogP contribution in [-0.4, -0.2) is 38.1 Å². The van der Waals surface area contributed by atoms with Crippen molar-refractivity contribution in [2.24, 2.45) is 10.4 Å². The van der Waals surface area contributed by atoms with Crippen molar-refractivity contribution >= 4 is 30.9 Å². The van der Waals surface area contributed by atoms with E-state index < -0.39 is 36.2 Å². The van der Waals surface area contributed by atoms with E-state index in [1.165, 1.54) is 19.1 Å². The number of hydrogen-bond donors (Lipinski definition) is 1. The number of rotatable bonds is 5. The van der Waals surface area contributed by atoms with Crippen molar-refractivity contribution in [1.82, 2.24) is 0 Å². The van der Waals surface area contributed by atoms with E-state index in [4.69, 9.17) is 8.84 Å². The molecule has 0 aromatic heterocycles. The number of benzene rings is 1. The third kappa shape index (κ3) is 5.09. The van der Waals surface area contributed by atoms with Gasteiger partial charge in [-0.3, -0.25) is 4.55 Å². The predicted molar refractivity (Wildman–Crippen MR) is 92.7 cm³/mol. The summed E-state index contributed by atoms with van der Waals surface area (Å²) < 4.78 is 64.2. The Hall–Kier alpha value is -0.810. The highest BCUT2D eigenvalue weighted by Crippen LogP contribution is 2.25. The molecule has 1 saturated heterocycles. The molecule has 0 amide bonds. The summed E-state index contributed by atoms with van der Waals surface area (Å²) in [5.41, 5.74) is 0.944. The van der Waals surface area contributed by atoms with E-state index >= 15 is 0 Å². The van der Waals surface area contributed by atoms with Gasteiger partial charge in [0.15, 0.2) is 0 Å². The summed E-state index contributed by atoms with van der Waals surface area (Å²) in [5, 5.41) is -0.819. The molecule has 1 N–H and O–H groups in total. The molecule has 1 heterocycles. The van der Waals surface area contributed by atoms with Crippen molar-refractivity contribution in [3.63, 3.8) is 0 Å². The standard InChI is InChI=1S/C14H21NO6S3/c1-11-3-5-14(6-4-11)24(19,20)21-15-22-9-7-13(8-10-22)12(2)23(16,17)18/h3-6,12-13H,7-10H2,1-2H3,(H,16,17,18). The van der Waals surface area contributed by atoms with E-state index in [0.717, 1.165) is 5.56 Å². The van der Waals surface area contributed by atoms with Crippen molar-refractivity contribution in [3.8, 4) is 0 Å². The first-order chi connectivity index (χ1) is 11.1. The molecule has 0 saturated carbocycles. The minimum absolute atomic E-state index is 0.0512. The Morgan fingerprint density at radius 2 is 1.71 bits per heavy atom. The third-order valence-electron chi connectivity index (χ3n) is 4.13. The maximum Gasteiger partial charge on any atom is 0.319 e. The average Bonchev–Trinajstić information content (AvgIpc) is 2.52. The fraction of sp³-hybridized carbons (Fsp3) is 0.571. The molecule has 1 aromatic rings. The molecule has 1 atom stereocenters. The summed E-state index contributed by atoms with van der Waals surface area (Å²) in [4.78, 5) is 0.0512. The molecule has 0 radical (unpaired) electrons. The molecule has 1 fully saturated rings. The molecule has 0 aliphatic carbocycles. The quantitative estimate of drug-likeness (QED) is 0.604. The Morgan fingerprint density at radius 3 is 2.21 bits per heavy atom. The van der Waals surface area contributed by atoms with Crippen molar-refractivity contribution < 1.29 is 25.7 Å². The zero-order valence-corrected chi connectivity index (χ0v) is 15.9. The Kier molecular flexibility index (Phi) is 6.19. The molecule has 0 bridgehead atoms. The first-order valence-electron chi connectivity index (χ1n) is 7.45. The van der Waals surface area contributed by atoms with Gasteiger partial charge in [0.2, 0.25) is 0 Å². The van der Waals surface area contributed by atoms with Gasteiger partial charge in [-0.25, -0.2) is 0 Å². The van der Waals surface area contributed by atoms with Crippen molar-refractivity contribution in [1.29, 1.82) is 0 Å². The average molecular weight is 396 g/mol. The molecular weight excluding hydrogens is 374 g/mol. The zero-order valence-electron chi connectivity index (χ0n) is 13.5. The second-order valence-electron chi connectivity index (χ2n) is 5.84. The maximum absolute atomic E-state index is 12.1. The van der Waals surface area contributed by atoms with E-state index in [9.17, 15) is 16.8 Å². The van der Waals surface area contributed by atoms with E-state index in [2.05, 4.69) is 4.53 Å². The first-order valence-corrected chi connectivity index (χ1v) is 11.9. The number of aryl methyl sites for hydroxylation is 1. The summed E-state index contributed by atoms with van der Waals surface area (Å²) in [6.07, 6.45) is 1.11. The lowest BCUT2D eigenvalue weighted by molar-refractivity contribution is 0.344. The SMILES string of the molecule is Cc1ccc(S(=O)(=O)ON=S2CCC(C(C)S(=O)(=O)O)CC2)cc1. The van der Waals surface area contributed by atoms with Gasteiger partial charge in [-0.1, -0.05) is 32.9 Å². The lowest BCUT2D eigenvalue weighted by Crippen LogP contribution is -2.32. The van der Waals surface area contributed by atoms with E-state index in [0.29, 0.717) is 24.3 Å². The Balaban J connectivity index is 1.98. The molecule has 7 nitrogen and oxygen atoms in total. The van der Waals surface area contributed by atoms with Crippen LogP contribution >= 0.6 is 0 Å². The van der Waals surface area contributed by atoms with Gasteiger partial charge < -0.3 is 0 Å². The Labute approximate surface area is 145 Å². The number of hydrogen-bond acceptors (Lipinski definition) is 6. The van der Waals surface area contributed by atoms with Crippen molar-refractivity contribution in [3.05, 3.63) is 29.8 Å². The summed E-state index contributed by atoms with van der Waals surface area (Å²) in [5.74, 6) is 0.953. The molecule has 1 aliphatic rings. The van der Waals surface area contributed by atoms with Crippen LogP contribution in [0, 0.1) is 12.8 Å². The monoisotopic (exact) mass is 395 g/mol. The first kappa shape index (κ1) is 19.5. The molecule has 10 heteroatoms. The Morgan fingerprint density at radius 1 is 1.17 bits per heavy atom. The van der Waals surface area contributed by atoms with Gasteiger partial charge in [-0.2, -0.15) is 16.8 Å². The molecule has 1 aliphatic heterocycles. The lowest BCUT2D eigenvalue weighted by Gasteiger charge is -2.26. The minimum Gasteiger partial charge on any atom is -0.285 e. The molecular formula is C14H21NO6S3. The van der Waals surface area contributed by atoms with Crippen LogP contribution in [0.1, 0.15) is 25.3 Å². The second-order valence-corrected chi connectivity index (χ2v) is 11.0. The van der Waals surface area contributed by atoms with Gasteiger partial charge >= 0.3 is 10.1 Å². The maximum atomic E-state index is 12.1. The fourth-order valence-electron chi connectivity index (χ4n) is 2.44. The highest BCUT2D eigenvalue weighted by Gasteiger charge is 2.30. The van der Waals surface area contributed by atoms with Crippen LogP contribution in [0.3, 0.4) is 0 Å². The van der Waals surface area contributed by atoms with Crippen LogP contribution in [0.5, 0.6) is 0 Å². The van der Waals surface area contributed by atoms with E-state index in [1.54, 1.807) is 12.1 Å². The normalized spacial score (nSPS) is 23.6. The van der Waals surface area contributed by atoms with Gasteiger partial charge in [0.1, 0.15) is 0 Å². The van der Waals surface area contributed by atoms with Crippen LogP contribution in [0.2, 0.25) is 0 Å². The van der Waals surface area contributed by atoms with Gasteiger partial charge in [-0.15, -0.1) is 4.28 Å². The van der Waals surface area contributed by atoms with Gasteiger partial charge in [0.25, 0.3) is 10.1 Å². The third-order valence-corrected chi connectivity index (χ3v) is 8.36. The van der Waals surface area contributed by atoms with Crippen molar-refractivity contribution in [2.75, 3.05) is 11.5 Å². The van der Waals surface area contributed by atoms with Crippen LogP contribution in [0.25, 0.3) is 0 Å². The smallest absolute Gasteiger partial charge is 0.285 e. The molecule has 2 rings (SSSR count). The van der Waals surface area contributed by atoms with Crippen LogP contribution in [-0.2, 0) is 35.2 Å². The molecule has 1 aromatic carbocycles. The summed E-state index contributed by atoms with van der Waals surface area (Å²) in [6.45, 7) is 3.34. The van der Waals surface area contributed by atoms with Crippen LogP contribution in [0.4, 0.5) is 0 Å². The minimum atomic E-state index is -4.05. The summed E-state index contributed by atoms with van der Waals surface area (Å²) >= 11 is 0. The van der Waals surface area contributed by atoms with Crippen LogP contribution < -0.4 is 0 Å². The summed E-state index contributed by atoms with van der Waals surface area (Å²) in [7, 11) is -8.56. The molecule has 136 valence electrons. The second kappa shape index (κ2) is 7.61. The van der Waals surface area contributed by atoms with Crippen molar-refractivity contribution in [2.45, 2.75) is 36.8 Å². The Bertz CT molecular complexity index is 805. The van der Waals surface area contributed by atoms with Gasteiger partial charge in [0, 0.05) is 11.5 Å². The predicted octanol–water partition coefficient (Wildman–Crippen LogP) is 2.10. The fourth-order valence-corrected chi connectivity index (χ4v) is 5.92. The van der Waals surface area contributed by atoms with Gasteiger partial charge in [-0.05, 0) is 44.7 Å². The van der Waals surface area contributed by atoms with E-state index in [1.807, 2.05) is 6.92 Å². The van der Waals surface area contributed by atoms with E-state index in [-0.39, 0.29) is 10.8 Å². The summed E-state index contributed by atoms with van der Waals surface area (Å²) in [6, 6.07) is 6.29. The molecule has 0 spiro atoms. The zero-order chi connectivity index (χ0) is 18.0. The number of nitrogens with zero attached hydrogens (tertiary/aromatic N) is 1.